The number of nitriles is 1. The molecule has 78 valence electrons. The summed E-state index contributed by atoms with van der Waals surface area (Å²) in [6.45, 7) is 3.23. The summed E-state index contributed by atoms with van der Waals surface area (Å²) in [6.07, 6.45) is 1.05. The molecule has 1 aromatic carbocycles. The van der Waals surface area contributed by atoms with Gasteiger partial charge in [0, 0.05) is 4.90 Å². The molecule has 0 amide bonds. The van der Waals surface area contributed by atoms with Gasteiger partial charge < -0.3 is 4.74 Å². The average molecular weight is 219 g/mol. The van der Waals surface area contributed by atoms with E-state index in [1.54, 1.807) is 11.8 Å². The predicted octanol–water partition coefficient (Wildman–Crippen LogP) is 2.63. The molecule has 3 heteroatoms. The summed E-state index contributed by atoms with van der Waals surface area (Å²) in [7, 11) is 0. The van der Waals surface area contributed by atoms with Crippen LogP contribution >= 0.6 is 11.8 Å². The third-order valence-electron chi connectivity index (χ3n) is 2.52. The third-order valence-corrected chi connectivity index (χ3v) is 3.74. The molecule has 0 bridgehead atoms. The second-order valence-electron chi connectivity index (χ2n) is 3.70. The molecule has 0 aliphatic carbocycles. The van der Waals surface area contributed by atoms with Crippen molar-refractivity contribution in [2.45, 2.75) is 23.0 Å². The first kappa shape index (κ1) is 10.5. The summed E-state index contributed by atoms with van der Waals surface area (Å²) < 4.78 is 4.76. The molecule has 0 unspecified atom stereocenters. The zero-order chi connectivity index (χ0) is 10.7. The SMILES string of the molecule is CCc1ccc(SC2(C#N)COC2)cc1. The third kappa shape index (κ3) is 2.17. The monoisotopic (exact) mass is 219 g/mol. The molecule has 0 N–H and O–H groups in total. The Balaban J connectivity index is 2.08. The summed E-state index contributed by atoms with van der Waals surface area (Å²) >= 11 is 1.61. The molecule has 2 rings (SSSR count). The molecule has 1 aliphatic rings. The minimum atomic E-state index is -0.340. The highest BCUT2D eigenvalue weighted by Gasteiger charge is 2.40. The standard InChI is InChI=1S/C12H13NOS/c1-2-10-3-5-11(6-4-10)15-12(7-13)8-14-9-12/h3-6H,2,8-9H2,1H3. The molecule has 2 nitrogen and oxygen atoms in total. The van der Waals surface area contributed by atoms with E-state index in [9.17, 15) is 0 Å². The highest BCUT2D eigenvalue weighted by Crippen LogP contribution is 2.38. The van der Waals surface area contributed by atoms with Crippen molar-refractivity contribution in [3.05, 3.63) is 29.8 Å². The van der Waals surface area contributed by atoms with E-state index in [0.29, 0.717) is 13.2 Å². The molecule has 0 aromatic heterocycles. The number of hydrogen-bond acceptors (Lipinski definition) is 3. The molecular formula is C12H13NOS. The predicted molar refractivity (Wildman–Crippen MR) is 60.8 cm³/mol. The quantitative estimate of drug-likeness (QED) is 0.783. The number of rotatable bonds is 3. The number of hydrogen-bond donors (Lipinski definition) is 0. The summed E-state index contributed by atoms with van der Waals surface area (Å²) in [5.74, 6) is 0. The van der Waals surface area contributed by atoms with E-state index in [1.165, 1.54) is 5.56 Å². The molecule has 0 atom stereocenters. The van der Waals surface area contributed by atoms with Crippen LogP contribution in [0.5, 0.6) is 0 Å². The summed E-state index contributed by atoms with van der Waals surface area (Å²) in [6, 6.07) is 10.7. The van der Waals surface area contributed by atoms with E-state index in [1.807, 2.05) is 0 Å². The lowest BCUT2D eigenvalue weighted by Crippen LogP contribution is -2.45. The van der Waals surface area contributed by atoms with Crippen LogP contribution in [0.15, 0.2) is 29.2 Å². The molecular weight excluding hydrogens is 206 g/mol. The Morgan fingerprint density at radius 2 is 2.07 bits per heavy atom. The van der Waals surface area contributed by atoms with Crippen molar-refractivity contribution in [1.29, 1.82) is 5.26 Å². The van der Waals surface area contributed by atoms with Crippen LogP contribution in [0.3, 0.4) is 0 Å². The average Bonchev–Trinajstić information content (AvgIpc) is 2.24. The number of thioether (sulfide) groups is 1. The van der Waals surface area contributed by atoms with E-state index in [2.05, 4.69) is 37.3 Å². The van der Waals surface area contributed by atoms with Crippen LogP contribution in [0.1, 0.15) is 12.5 Å². The van der Waals surface area contributed by atoms with E-state index < -0.39 is 0 Å². The second kappa shape index (κ2) is 4.26. The van der Waals surface area contributed by atoms with Crippen LogP contribution in [0.2, 0.25) is 0 Å². The van der Waals surface area contributed by atoms with Crippen LogP contribution in [-0.4, -0.2) is 18.0 Å². The van der Waals surface area contributed by atoms with E-state index in [-0.39, 0.29) is 4.75 Å². The molecule has 1 aliphatic heterocycles. The molecule has 0 spiro atoms. The minimum Gasteiger partial charge on any atom is -0.376 e. The molecule has 0 saturated carbocycles. The zero-order valence-corrected chi connectivity index (χ0v) is 9.51. The van der Waals surface area contributed by atoms with Gasteiger partial charge in [-0.15, -0.1) is 0 Å². The van der Waals surface area contributed by atoms with Gasteiger partial charge in [0.2, 0.25) is 0 Å². The van der Waals surface area contributed by atoms with Crippen LogP contribution in [-0.2, 0) is 11.2 Å². The molecule has 1 aromatic rings. The second-order valence-corrected chi connectivity index (χ2v) is 5.16. The fourth-order valence-corrected chi connectivity index (χ4v) is 2.51. The van der Waals surface area contributed by atoms with Crippen molar-refractivity contribution >= 4 is 11.8 Å². The maximum absolute atomic E-state index is 9.05. The number of nitrogens with zero attached hydrogens (tertiary/aromatic N) is 1. The summed E-state index contributed by atoms with van der Waals surface area (Å²) in [5, 5.41) is 9.05. The van der Waals surface area contributed by atoms with Crippen molar-refractivity contribution in [2.24, 2.45) is 0 Å². The lowest BCUT2D eigenvalue weighted by molar-refractivity contribution is 0.0161. The Hall–Kier alpha value is -0.980. The van der Waals surface area contributed by atoms with Gasteiger partial charge in [0.25, 0.3) is 0 Å². The Morgan fingerprint density at radius 1 is 1.40 bits per heavy atom. The van der Waals surface area contributed by atoms with Crippen LogP contribution in [0.4, 0.5) is 0 Å². The van der Waals surface area contributed by atoms with Gasteiger partial charge in [-0.2, -0.15) is 5.26 Å². The van der Waals surface area contributed by atoms with Gasteiger partial charge in [-0.25, -0.2) is 0 Å². The summed E-state index contributed by atoms with van der Waals surface area (Å²) in [5.41, 5.74) is 1.33. The van der Waals surface area contributed by atoms with Gasteiger partial charge >= 0.3 is 0 Å². The minimum absolute atomic E-state index is 0.340. The smallest absolute Gasteiger partial charge is 0.153 e. The molecule has 1 saturated heterocycles. The van der Waals surface area contributed by atoms with E-state index >= 15 is 0 Å². The van der Waals surface area contributed by atoms with Crippen LogP contribution in [0, 0.1) is 11.3 Å². The van der Waals surface area contributed by atoms with Gasteiger partial charge in [0.05, 0.1) is 19.3 Å². The molecule has 15 heavy (non-hydrogen) atoms. The summed E-state index contributed by atoms with van der Waals surface area (Å²) in [4.78, 5) is 1.15. The topological polar surface area (TPSA) is 33.0 Å². The maximum Gasteiger partial charge on any atom is 0.153 e. The Labute approximate surface area is 94.2 Å². The van der Waals surface area contributed by atoms with Crippen LogP contribution < -0.4 is 0 Å². The molecule has 0 radical (unpaired) electrons. The Morgan fingerprint density at radius 3 is 2.47 bits per heavy atom. The normalized spacial score (nSPS) is 17.9. The van der Waals surface area contributed by atoms with E-state index in [4.69, 9.17) is 10.00 Å². The Kier molecular flexibility index (Phi) is 2.99. The lowest BCUT2D eigenvalue weighted by Gasteiger charge is -2.34. The van der Waals surface area contributed by atoms with Crippen molar-refractivity contribution in [3.63, 3.8) is 0 Å². The van der Waals surface area contributed by atoms with Crippen molar-refractivity contribution in [3.8, 4) is 6.07 Å². The fraction of sp³-hybridized carbons (Fsp3) is 0.417. The first-order chi connectivity index (χ1) is 7.28. The van der Waals surface area contributed by atoms with Crippen LogP contribution in [0.25, 0.3) is 0 Å². The highest BCUT2D eigenvalue weighted by atomic mass is 32.2. The largest absolute Gasteiger partial charge is 0.376 e. The van der Waals surface area contributed by atoms with Gasteiger partial charge in [0.15, 0.2) is 4.75 Å². The maximum atomic E-state index is 9.05. The first-order valence-electron chi connectivity index (χ1n) is 5.05. The highest BCUT2D eigenvalue weighted by molar-refractivity contribution is 8.01. The molecule has 1 fully saturated rings. The Bertz CT molecular complexity index is 376. The van der Waals surface area contributed by atoms with Crippen molar-refractivity contribution in [2.75, 3.05) is 13.2 Å². The number of ether oxygens (including phenoxy) is 1. The first-order valence-corrected chi connectivity index (χ1v) is 5.86. The molecule has 1 heterocycles. The van der Waals surface area contributed by atoms with Crippen molar-refractivity contribution < 1.29 is 4.74 Å². The number of aryl methyl sites for hydroxylation is 1. The van der Waals surface area contributed by atoms with Gasteiger partial charge in [0.1, 0.15) is 0 Å². The van der Waals surface area contributed by atoms with Gasteiger partial charge in [-0.3, -0.25) is 0 Å². The van der Waals surface area contributed by atoms with E-state index in [0.717, 1.165) is 11.3 Å². The van der Waals surface area contributed by atoms with Gasteiger partial charge in [-0.05, 0) is 24.1 Å². The zero-order valence-electron chi connectivity index (χ0n) is 8.69. The van der Waals surface area contributed by atoms with Crippen molar-refractivity contribution in [1.82, 2.24) is 0 Å². The number of benzene rings is 1. The fourth-order valence-electron chi connectivity index (χ4n) is 1.45. The van der Waals surface area contributed by atoms with Gasteiger partial charge in [-0.1, -0.05) is 30.8 Å². The lowest BCUT2D eigenvalue weighted by atomic mass is 10.1.